The van der Waals surface area contributed by atoms with E-state index in [1.54, 1.807) is 18.2 Å². The highest BCUT2D eigenvalue weighted by molar-refractivity contribution is 5.94. The molecule has 0 aromatic heterocycles. The monoisotopic (exact) mass is 359 g/mol. The van der Waals surface area contributed by atoms with E-state index in [0.29, 0.717) is 22.7 Å². The van der Waals surface area contributed by atoms with Gasteiger partial charge in [-0.1, -0.05) is 12.1 Å². The SMILES string of the molecule is COc1cccc(/C=C/C(=O)OCC(=O)Nc2ccc(F)cc2)c1OC. The summed E-state index contributed by atoms with van der Waals surface area (Å²) >= 11 is 0. The Kier molecular flexibility index (Phi) is 6.73. The third kappa shape index (κ3) is 5.34. The maximum atomic E-state index is 12.8. The molecular weight excluding hydrogens is 341 g/mol. The van der Waals surface area contributed by atoms with Crippen molar-refractivity contribution in [1.29, 1.82) is 0 Å². The predicted octanol–water partition coefficient (Wildman–Crippen LogP) is 3.04. The summed E-state index contributed by atoms with van der Waals surface area (Å²) in [5.74, 6) is -0.622. The van der Waals surface area contributed by atoms with Crippen LogP contribution in [-0.2, 0) is 14.3 Å². The molecule has 0 aliphatic heterocycles. The molecule has 2 aromatic rings. The van der Waals surface area contributed by atoms with Gasteiger partial charge in [-0.2, -0.15) is 0 Å². The Bertz CT molecular complexity index is 802. The number of amides is 1. The molecule has 0 spiro atoms. The second-order valence-corrected chi connectivity index (χ2v) is 5.08. The van der Waals surface area contributed by atoms with E-state index in [2.05, 4.69) is 5.32 Å². The van der Waals surface area contributed by atoms with Crippen molar-refractivity contribution in [1.82, 2.24) is 0 Å². The first kappa shape index (κ1) is 19.0. The maximum absolute atomic E-state index is 12.8. The molecule has 0 radical (unpaired) electrons. The number of carbonyl (C=O) groups is 2. The number of benzene rings is 2. The molecule has 1 amide bonds. The van der Waals surface area contributed by atoms with Gasteiger partial charge in [0, 0.05) is 17.3 Å². The lowest BCUT2D eigenvalue weighted by atomic mass is 10.1. The highest BCUT2D eigenvalue weighted by Crippen LogP contribution is 2.31. The lowest BCUT2D eigenvalue weighted by molar-refractivity contribution is -0.142. The fourth-order valence-electron chi connectivity index (χ4n) is 2.12. The van der Waals surface area contributed by atoms with Gasteiger partial charge in [0.25, 0.3) is 5.91 Å². The van der Waals surface area contributed by atoms with Crippen LogP contribution >= 0.6 is 0 Å². The van der Waals surface area contributed by atoms with Crippen LogP contribution in [0, 0.1) is 5.82 Å². The van der Waals surface area contributed by atoms with E-state index in [9.17, 15) is 14.0 Å². The van der Waals surface area contributed by atoms with E-state index >= 15 is 0 Å². The number of para-hydroxylation sites is 1. The molecule has 0 fully saturated rings. The van der Waals surface area contributed by atoms with E-state index in [1.165, 1.54) is 50.6 Å². The Morgan fingerprint density at radius 1 is 1.08 bits per heavy atom. The zero-order valence-electron chi connectivity index (χ0n) is 14.3. The van der Waals surface area contributed by atoms with Gasteiger partial charge in [-0.3, -0.25) is 4.79 Å². The summed E-state index contributed by atoms with van der Waals surface area (Å²) in [6, 6.07) is 10.5. The predicted molar refractivity (Wildman–Crippen MR) is 94.6 cm³/mol. The molecule has 136 valence electrons. The molecule has 2 rings (SSSR count). The van der Waals surface area contributed by atoms with Crippen LogP contribution in [0.5, 0.6) is 11.5 Å². The Hall–Kier alpha value is -3.35. The molecule has 0 atom stereocenters. The minimum Gasteiger partial charge on any atom is -0.493 e. The Morgan fingerprint density at radius 2 is 1.81 bits per heavy atom. The number of carbonyl (C=O) groups excluding carboxylic acids is 2. The zero-order valence-corrected chi connectivity index (χ0v) is 14.3. The van der Waals surface area contributed by atoms with Crippen LogP contribution in [0.25, 0.3) is 6.08 Å². The van der Waals surface area contributed by atoms with E-state index < -0.39 is 24.3 Å². The highest BCUT2D eigenvalue weighted by atomic mass is 19.1. The van der Waals surface area contributed by atoms with Gasteiger partial charge in [-0.25, -0.2) is 9.18 Å². The van der Waals surface area contributed by atoms with E-state index in [1.807, 2.05) is 0 Å². The van der Waals surface area contributed by atoms with Crippen LogP contribution in [0.1, 0.15) is 5.56 Å². The smallest absolute Gasteiger partial charge is 0.331 e. The summed E-state index contributed by atoms with van der Waals surface area (Å²) in [4.78, 5) is 23.5. The Labute approximate surface area is 150 Å². The second kappa shape index (κ2) is 9.22. The van der Waals surface area contributed by atoms with Crippen molar-refractivity contribution in [3.8, 4) is 11.5 Å². The number of hydrogen-bond acceptors (Lipinski definition) is 5. The van der Waals surface area contributed by atoms with E-state index in [0.717, 1.165) is 0 Å². The van der Waals surface area contributed by atoms with Crippen molar-refractivity contribution >= 4 is 23.6 Å². The number of hydrogen-bond donors (Lipinski definition) is 1. The standard InChI is InChI=1S/C19H18FNO5/c1-24-16-5-3-4-13(19(16)25-2)6-11-18(23)26-12-17(22)21-15-9-7-14(20)8-10-15/h3-11H,12H2,1-2H3,(H,21,22)/b11-6+. The minimum absolute atomic E-state index is 0.407. The summed E-state index contributed by atoms with van der Waals surface area (Å²) in [6.45, 7) is -0.463. The zero-order chi connectivity index (χ0) is 18.9. The minimum atomic E-state index is -0.691. The Morgan fingerprint density at radius 3 is 2.46 bits per heavy atom. The van der Waals surface area contributed by atoms with Crippen molar-refractivity contribution in [2.45, 2.75) is 0 Å². The summed E-state index contributed by atoms with van der Waals surface area (Å²) in [7, 11) is 3.01. The van der Waals surface area contributed by atoms with Gasteiger partial charge >= 0.3 is 5.97 Å². The quantitative estimate of drug-likeness (QED) is 0.608. The molecule has 1 N–H and O–H groups in total. The van der Waals surface area contributed by atoms with Gasteiger partial charge in [-0.05, 0) is 36.4 Å². The number of nitrogens with one attached hydrogen (secondary N) is 1. The largest absolute Gasteiger partial charge is 0.493 e. The van der Waals surface area contributed by atoms with Gasteiger partial charge in [0.1, 0.15) is 5.82 Å². The van der Waals surface area contributed by atoms with Crippen molar-refractivity contribution in [2.24, 2.45) is 0 Å². The molecule has 0 aliphatic carbocycles. The Balaban J connectivity index is 1.89. The lowest BCUT2D eigenvalue weighted by Gasteiger charge is -2.09. The third-order valence-electron chi connectivity index (χ3n) is 3.31. The van der Waals surface area contributed by atoms with E-state index in [-0.39, 0.29) is 0 Å². The fraction of sp³-hybridized carbons (Fsp3) is 0.158. The molecule has 2 aromatic carbocycles. The first-order valence-corrected chi connectivity index (χ1v) is 7.64. The summed E-state index contributed by atoms with van der Waals surface area (Å²) in [6.07, 6.45) is 2.68. The molecule has 7 heteroatoms. The summed E-state index contributed by atoms with van der Waals surface area (Å²) in [5, 5.41) is 2.49. The van der Waals surface area contributed by atoms with Gasteiger partial charge < -0.3 is 19.5 Å². The topological polar surface area (TPSA) is 73.9 Å². The summed E-state index contributed by atoms with van der Waals surface area (Å²) in [5.41, 5.74) is 1.03. The third-order valence-corrected chi connectivity index (χ3v) is 3.31. The number of methoxy groups -OCH3 is 2. The molecule has 0 saturated heterocycles. The normalized spacial score (nSPS) is 10.4. The van der Waals surface area contributed by atoms with Crippen molar-refractivity contribution in [3.63, 3.8) is 0 Å². The van der Waals surface area contributed by atoms with Gasteiger partial charge in [0.15, 0.2) is 18.1 Å². The van der Waals surface area contributed by atoms with Crippen LogP contribution in [0.3, 0.4) is 0 Å². The average molecular weight is 359 g/mol. The molecule has 0 bridgehead atoms. The van der Waals surface area contributed by atoms with Crippen molar-refractivity contribution in [2.75, 3.05) is 26.1 Å². The number of halogens is 1. The van der Waals surface area contributed by atoms with Gasteiger partial charge in [0.05, 0.1) is 14.2 Å². The molecule has 6 nitrogen and oxygen atoms in total. The van der Waals surface area contributed by atoms with Crippen LogP contribution < -0.4 is 14.8 Å². The average Bonchev–Trinajstić information content (AvgIpc) is 2.66. The molecular formula is C19H18FNO5. The van der Waals surface area contributed by atoms with Crippen LogP contribution in [0.15, 0.2) is 48.5 Å². The molecule has 0 aliphatic rings. The number of ether oxygens (including phenoxy) is 3. The van der Waals surface area contributed by atoms with Gasteiger partial charge in [0.2, 0.25) is 0 Å². The molecule has 26 heavy (non-hydrogen) atoms. The fourth-order valence-corrected chi connectivity index (χ4v) is 2.12. The number of esters is 1. The number of anilines is 1. The molecule has 0 unspecified atom stereocenters. The summed E-state index contributed by atoms with van der Waals surface area (Å²) < 4.78 is 28.1. The van der Waals surface area contributed by atoms with Crippen LogP contribution in [0.2, 0.25) is 0 Å². The van der Waals surface area contributed by atoms with E-state index in [4.69, 9.17) is 14.2 Å². The van der Waals surface area contributed by atoms with Crippen LogP contribution in [-0.4, -0.2) is 32.7 Å². The number of rotatable bonds is 7. The molecule has 0 saturated carbocycles. The van der Waals surface area contributed by atoms with Crippen LogP contribution in [0.4, 0.5) is 10.1 Å². The highest BCUT2D eigenvalue weighted by Gasteiger charge is 2.09. The second-order valence-electron chi connectivity index (χ2n) is 5.08. The molecule has 0 heterocycles. The van der Waals surface area contributed by atoms with Gasteiger partial charge in [-0.15, -0.1) is 0 Å². The van der Waals surface area contributed by atoms with Crippen molar-refractivity contribution in [3.05, 3.63) is 59.9 Å². The first-order chi connectivity index (χ1) is 12.5. The maximum Gasteiger partial charge on any atom is 0.331 e. The first-order valence-electron chi connectivity index (χ1n) is 7.64. The lowest BCUT2D eigenvalue weighted by Crippen LogP contribution is -2.20. The van der Waals surface area contributed by atoms with Crippen molar-refractivity contribution < 1.29 is 28.2 Å².